The summed E-state index contributed by atoms with van der Waals surface area (Å²) in [6.07, 6.45) is -0.616. The fourth-order valence-corrected chi connectivity index (χ4v) is 2.72. The van der Waals surface area contributed by atoms with Gasteiger partial charge in [-0.25, -0.2) is 14.6 Å². The highest BCUT2D eigenvalue weighted by atomic mass is 79.9. The summed E-state index contributed by atoms with van der Waals surface area (Å²) in [6.45, 7) is 5.54. The Kier molecular flexibility index (Phi) is 5.69. The van der Waals surface area contributed by atoms with E-state index in [2.05, 4.69) is 20.9 Å². The molecule has 0 spiro atoms. The number of likely N-dealkylation sites (tertiary alicyclic amines) is 1. The van der Waals surface area contributed by atoms with Gasteiger partial charge in [0.25, 0.3) is 0 Å². The highest BCUT2D eigenvalue weighted by Gasteiger charge is 2.43. The van der Waals surface area contributed by atoms with Gasteiger partial charge in [-0.15, -0.1) is 0 Å². The molecule has 24 heavy (non-hydrogen) atoms. The van der Waals surface area contributed by atoms with Gasteiger partial charge in [0.2, 0.25) is 5.88 Å². The van der Waals surface area contributed by atoms with Crippen LogP contribution in [0.15, 0.2) is 22.8 Å². The number of esters is 1. The first kappa shape index (κ1) is 18.5. The van der Waals surface area contributed by atoms with Gasteiger partial charge < -0.3 is 14.2 Å². The number of amides is 1. The molecule has 132 valence electrons. The van der Waals surface area contributed by atoms with Gasteiger partial charge in [0.15, 0.2) is 0 Å². The van der Waals surface area contributed by atoms with Crippen LogP contribution in [-0.4, -0.2) is 53.3 Å². The molecule has 0 unspecified atom stereocenters. The molecule has 0 saturated carbocycles. The second kappa shape index (κ2) is 7.38. The quantitative estimate of drug-likeness (QED) is 0.573. The lowest BCUT2D eigenvalue weighted by Gasteiger charge is -2.27. The van der Waals surface area contributed by atoms with Crippen molar-refractivity contribution in [3.05, 3.63) is 22.8 Å². The molecular formula is C16H21BrN2O5. The summed E-state index contributed by atoms with van der Waals surface area (Å²) in [5.41, 5.74) is -0.650. The summed E-state index contributed by atoms with van der Waals surface area (Å²) in [4.78, 5) is 29.9. The Labute approximate surface area is 149 Å². The normalized spacial score (nSPS) is 20.6. The fourth-order valence-electron chi connectivity index (χ4n) is 2.39. The second-order valence-electron chi connectivity index (χ2n) is 6.45. The smallest absolute Gasteiger partial charge is 0.411 e. The van der Waals surface area contributed by atoms with Crippen LogP contribution in [-0.2, 0) is 14.3 Å². The van der Waals surface area contributed by atoms with Crippen LogP contribution in [0.25, 0.3) is 0 Å². The molecule has 0 aliphatic carbocycles. The van der Waals surface area contributed by atoms with Crippen molar-refractivity contribution < 1.29 is 23.8 Å². The maximum absolute atomic E-state index is 12.4. The van der Waals surface area contributed by atoms with Crippen molar-refractivity contribution in [3.8, 4) is 5.88 Å². The first-order chi connectivity index (χ1) is 11.2. The van der Waals surface area contributed by atoms with Gasteiger partial charge >= 0.3 is 12.1 Å². The van der Waals surface area contributed by atoms with Crippen LogP contribution in [0.5, 0.6) is 5.88 Å². The van der Waals surface area contributed by atoms with Crippen LogP contribution in [0.4, 0.5) is 4.79 Å². The Morgan fingerprint density at radius 1 is 1.33 bits per heavy atom. The van der Waals surface area contributed by atoms with E-state index in [1.807, 2.05) is 0 Å². The Morgan fingerprint density at radius 3 is 2.62 bits per heavy atom. The van der Waals surface area contributed by atoms with Crippen molar-refractivity contribution in [2.24, 2.45) is 0 Å². The average molecular weight is 401 g/mol. The summed E-state index contributed by atoms with van der Waals surface area (Å²) in [5, 5.41) is 0. The minimum absolute atomic E-state index is 0.225. The molecule has 1 aromatic rings. The van der Waals surface area contributed by atoms with Crippen molar-refractivity contribution >= 4 is 28.0 Å². The Bertz CT molecular complexity index is 617. The van der Waals surface area contributed by atoms with Crippen molar-refractivity contribution in [2.75, 3.05) is 13.7 Å². The van der Waals surface area contributed by atoms with Gasteiger partial charge in [0, 0.05) is 12.5 Å². The molecule has 8 heteroatoms. The number of aromatic nitrogens is 1. The van der Waals surface area contributed by atoms with E-state index < -0.39 is 23.7 Å². The SMILES string of the molecule is COC(=O)[C@@H]1C[C@@H](Oc2cccc(Br)n2)CN1C(=O)OC(C)(C)C. The number of pyridine rings is 1. The lowest BCUT2D eigenvalue weighted by atomic mass is 10.2. The Balaban J connectivity index is 2.11. The molecule has 2 rings (SSSR count). The number of ether oxygens (including phenoxy) is 3. The second-order valence-corrected chi connectivity index (χ2v) is 7.26. The molecule has 0 N–H and O–H groups in total. The number of rotatable bonds is 3. The molecule has 0 radical (unpaired) electrons. The highest BCUT2D eigenvalue weighted by molar-refractivity contribution is 9.10. The van der Waals surface area contributed by atoms with E-state index in [1.54, 1.807) is 39.0 Å². The molecular weight excluding hydrogens is 380 g/mol. The summed E-state index contributed by atoms with van der Waals surface area (Å²) >= 11 is 3.28. The molecule has 2 heterocycles. The van der Waals surface area contributed by atoms with E-state index in [9.17, 15) is 9.59 Å². The first-order valence-corrected chi connectivity index (χ1v) is 8.35. The molecule has 1 fully saturated rings. The van der Waals surface area contributed by atoms with Crippen molar-refractivity contribution in [2.45, 2.75) is 44.9 Å². The van der Waals surface area contributed by atoms with E-state index in [4.69, 9.17) is 14.2 Å². The maximum Gasteiger partial charge on any atom is 0.411 e. The zero-order valence-electron chi connectivity index (χ0n) is 14.1. The summed E-state index contributed by atoms with van der Waals surface area (Å²) < 4.78 is 16.6. The Hall–Kier alpha value is -1.83. The van der Waals surface area contributed by atoms with E-state index in [1.165, 1.54) is 12.0 Å². The van der Waals surface area contributed by atoms with E-state index in [0.717, 1.165) is 0 Å². The summed E-state index contributed by atoms with van der Waals surface area (Å²) in [6, 6.07) is 4.56. The van der Waals surface area contributed by atoms with Crippen LogP contribution in [0.1, 0.15) is 27.2 Å². The van der Waals surface area contributed by atoms with Gasteiger partial charge in [-0.3, -0.25) is 4.90 Å². The van der Waals surface area contributed by atoms with Crippen LogP contribution >= 0.6 is 15.9 Å². The van der Waals surface area contributed by atoms with E-state index in [-0.39, 0.29) is 12.6 Å². The number of hydrogen-bond acceptors (Lipinski definition) is 6. The summed E-state index contributed by atoms with van der Waals surface area (Å²) in [7, 11) is 1.29. The third-order valence-electron chi connectivity index (χ3n) is 3.34. The van der Waals surface area contributed by atoms with Gasteiger partial charge in [-0.1, -0.05) is 6.07 Å². The van der Waals surface area contributed by atoms with Gasteiger partial charge in [-0.2, -0.15) is 0 Å². The predicted octanol–water partition coefficient (Wildman–Crippen LogP) is 2.77. The molecule has 1 aliphatic heterocycles. The number of halogens is 1. The molecule has 2 atom stereocenters. The molecule has 7 nitrogen and oxygen atoms in total. The largest absolute Gasteiger partial charge is 0.472 e. The standard InChI is InChI=1S/C16H21BrN2O5/c1-16(2,3)24-15(21)19-9-10(8-11(19)14(20)22-4)23-13-7-5-6-12(17)18-13/h5-7,10-11H,8-9H2,1-4H3/t10-,11+/m1/s1. The molecule has 1 aliphatic rings. The third-order valence-corrected chi connectivity index (χ3v) is 3.78. The lowest BCUT2D eigenvalue weighted by Crippen LogP contribution is -2.44. The minimum atomic E-state index is -0.734. The minimum Gasteiger partial charge on any atom is -0.472 e. The Morgan fingerprint density at radius 2 is 2.04 bits per heavy atom. The van der Waals surface area contributed by atoms with Crippen molar-refractivity contribution in [3.63, 3.8) is 0 Å². The molecule has 1 saturated heterocycles. The van der Waals surface area contributed by atoms with Crippen molar-refractivity contribution in [1.29, 1.82) is 0 Å². The number of carbonyl (C=O) groups excluding carboxylic acids is 2. The highest BCUT2D eigenvalue weighted by Crippen LogP contribution is 2.25. The molecule has 0 bridgehead atoms. The number of nitrogens with zero attached hydrogens (tertiary/aromatic N) is 2. The van der Waals surface area contributed by atoms with Crippen LogP contribution in [0, 0.1) is 0 Å². The molecule has 0 aromatic carbocycles. The average Bonchev–Trinajstić information content (AvgIpc) is 2.88. The van der Waals surface area contributed by atoms with Gasteiger partial charge in [-0.05, 0) is 42.8 Å². The van der Waals surface area contributed by atoms with Crippen LogP contribution < -0.4 is 4.74 Å². The van der Waals surface area contributed by atoms with E-state index >= 15 is 0 Å². The predicted molar refractivity (Wildman–Crippen MR) is 89.7 cm³/mol. The van der Waals surface area contributed by atoms with E-state index in [0.29, 0.717) is 16.9 Å². The molecule has 1 aromatic heterocycles. The van der Waals surface area contributed by atoms with Crippen molar-refractivity contribution in [1.82, 2.24) is 9.88 Å². The fraction of sp³-hybridized carbons (Fsp3) is 0.562. The van der Waals surface area contributed by atoms with Gasteiger partial charge in [0.05, 0.1) is 13.7 Å². The van der Waals surface area contributed by atoms with Crippen LogP contribution in [0.2, 0.25) is 0 Å². The topological polar surface area (TPSA) is 78.0 Å². The maximum atomic E-state index is 12.4. The number of methoxy groups -OCH3 is 1. The lowest BCUT2D eigenvalue weighted by molar-refractivity contribution is -0.145. The number of hydrogen-bond donors (Lipinski definition) is 0. The third kappa shape index (κ3) is 4.83. The monoisotopic (exact) mass is 400 g/mol. The zero-order valence-corrected chi connectivity index (χ0v) is 15.7. The van der Waals surface area contributed by atoms with Crippen LogP contribution in [0.3, 0.4) is 0 Å². The molecule has 1 amide bonds. The summed E-state index contributed by atoms with van der Waals surface area (Å²) in [5.74, 6) is -0.0711. The number of carbonyl (C=O) groups is 2. The zero-order chi connectivity index (χ0) is 17.9. The first-order valence-electron chi connectivity index (χ1n) is 7.56. The van der Waals surface area contributed by atoms with Gasteiger partial charge in [0.1, 0.15) is 22.4 Å².